The fraction of sp³-hybridized carbons (Fsp3) is 0.435. The number of thioether (sulfide) groups is 1. The lowest BCUT2D eigenvalue weighted by atomic mass is 10.0. The minimum Gasteiger partial charge on any atom is -0.397 e. The van der Waals surface area contributed by atoms with Gasteiger partial charge < -0.3 is 10.6 Å². The Labute approximate surface area is 202 Å². The van der Waals surface area contributed by atoms with Gasteiger partial charge >= 0.3 is 6.03 Å². The number of pyridine rings is 2. The third kappa shape index (κ3) is 5.15. The van der Waals surface area contributed by atoms with Gasteiger partial charge in [0.2, 0.25) is 5.91 Å². The number of amides is 3. The molecule has 10 nitrogen and oxygen atoms in total. The number of nitrogen functional groups attached to an aromatic ring is 1. The molecule has 2 aromatic heterocycles. The highest BCUT2D eigenvalue weighted by molar-refractivity contribution is 7.99. The van der Waals surface area contributed by atoms with Crippen molar-refractivity contribution in [2.75, 3.05) is 54.9 Å². The van der Waals surface area contributed by atoms with Gasteiger partial charge in [0.25, 0.3) is 0 Å². The molecule has 0 spiro atoms. The topological polar surface area (TPSA) is 125 Å². The molecule has 34 heavy (non-hydrogen) atoms. The maximum Gasteiger partial charge on any atom is 0.328 e. The number of aromatic nitrogens is 2. The minimum absolute atomic E-state index is 0.0286. The maximum absolute atomic E-state index is 13.1. The van der Waals surface area contributed by atoms with Gasteiger partial charge in [-0.1, -0.05) is 6.92 Å². The molecule has 1 saturated heterocycles. The fourth-order valence-corrected chi connectivity index (χ4v) is 4.88. The van der Waals surface area contributed by atoms with Crippen molar-refractivity contribution in [1.82, 2.24) is 19.8 Å². The van der Waals surface area contributed by atoms with Crippen LogP contribution < -0.4 is 16.0 Å². The molecule has 2 aliphatic rings. The number of urea groups is 1. The summed E-state index contributed by atoms with van der Waals surface area (Å²) in [7, 11) is 1.91. The summed E-state index contributed by atoms with van der Waals surface area (Å²) in [4.78, 5) is 52.3. The summed E-state index contributed by atoms with van der Waals surface area (Å²) in [6, 6.07) is 3.30. The Kier molecular flexibility index (Phi) is 7.32. The second-order valence-electron chi connectivity index (χ2n) is 8.41. The predicted octanol–water partition coefficient (Wildman–Crippen LogP) is 2.24. The third-order valence-corrected chi connectivity index (χ3v) is 6.89. The Bertz CT molecular complexity index is 1110. The van der Waals surface area contributed by atoms with Crippen molar-refractivity contribution >= 4 is 47.3 Å². The van der Waals surface area contributed by atoms with E-state index >= 15 is 0 Å². The number of carbonyl (C=O) groups excluding carboxylic acids is 3. The highest BCUT2D eigenvalue weighted by Crippen LogP contribution is 2.30. The first-order valence-corrected chi connectivity index (χ1v) is 12.3. The number of nitrogens with one attached hydrogen (secondary N) is 1. The molecular formula is C23H29N7O3S. The van der Waals surface area contributed by atoms with E-state index in [0.29, 0.717) is 55.4 Å². The van der Waals surface area contributed by atoms with Gasteiger partial charge in [0.1, 0.15) is 17.3 Å². The average Bonchev–Trinajstić information content (AvgIpc) is 2.82. The number of hydrogen-bond acceptors (Lipinski definition) is 8. The Morgan fingerprint density at radius 3 is 2.85 bits per heavy atom. The van der Waals surface area contributed by atoms with Gasteiger partial charge in [-0.3, -0.25) is 24.7 Å². The number of rotatable bonds is 6. The molecule has 0 unspecified atom stereocenters. The number of aryl methyl sites for hydroxylation is 1. The van der Waals surface area contributed by atoms with Crippen LogP contribution in [-0.4, -0.2) is 77.0 Å². The van der Waals surface area contributed by atoms with Crippen LogP contribution in [0.3, 0.4) is 0 Å². The summed E-state index contributed by atoms with van der Waals surface area (Å²) in [5, 5.41) is 2.83. The maximum atomic E-state index is 13.1. The van der Waals surface area contributed by atoms with Gasteiger partial charge in [0, 0.05) is 36.6 Å². The first kappa shape index (κ1) is 24.0. The van der Waals surface area contributed by atoms with Gasteiger partial charge in [-0.05, 0) is 43.3 Å². The standard InChI is InChI=1S/C23H29N7O3S/c1-3-34-19-10-20(25-11-17(19)24)27-23(33)30-6-4-5-15-9-16(18(14-31)26-22(15)30)12-29-8-7-28(2)13-21(29)32/h9-11,14H,3-8,12-13,24H2,1-2H3,(H,25,27,33). The summed E-state index contributed by atoms with van der Waals surface area (Å²) in [6.07, 6.45) is 3.73. The average molecular weight is 484 g/mol. The lowest BCUT2D eigenvalue weighted by Gasteiger charge is -2.33. The van der Waals surface area contributed by atoms with Crippen LogP contribution in [0.4, 0.5) is 22.1 Å². The van der Waals surface area contributed by atoms with E-state index in [1.807, 2.05) is 24.9 Å². The van der Waals surface area contributed by atoms with Crippen molar-refractivity contribution < 1.29 is 14.4 Å². The number of likely N-dealkylation sites (N-methyl/N-ethyl adjacent to an activating group) is 1. The van der Waals surface area contributed by atoms with Crippen molar-refractivity contribution in [3.63, 3.8) is 0 Å². The van der Waals surface area contributed by atoms with E-state index in [2.05, 4.69) is 15.3 Å². The zero-order valence-electron chi connectivity index (χ0n) is 19.4. The summed E-state index contributed by atoms with van der Waals surface area (Å²) >= 11 is 1.58. The Balaban J connectivity index is 1.55. The SMILES string of the molecule is CCSc1cc(NC(=O)N2CCCc3cc(CN4CCN(C)CC4=O)c(C=O)nc32)ncc1N. The van der Waals surface area contributed by atoms with Crippen LogP contribution in [0.2, 0.25) is 0 Å². The largest absolute Gasteiger partial charge is 0.397 e. The number of nitrogens with two attached hydrogens (primary N) is 1. The first-order valence-electron chi connectivity index (χ1n) is 11.3. The van der Waals surface area contributed by atoms with Gasteiger partial charge in [0.15, 0.2) is 6.29 Å². The second kappa shape index (κ2) is 10.4. The van der Waals surface area contributed by atoms with Crippen LogP contribution in [-0.2, 0) is 17.8 Å². The van der Waals surface area contributed by atoms with E-state index in [9.17, 15) is 14.4 Å². The summed E-state index contributed by atoms with van der Waals surface area (Å²) in [6.45, 7) is 4.59. The fourth-order valence-electron chi connectivity index (χ4n) is 4.16. The molecule has 3 N–H and O–H groups in total. The first-order chi connectivity index (χ1) is 16.4. The molecule has 0 saturated carbocycles. The molecule has 4 rings (SSSR count). The molecule has 2 aliphatic heterocycles. The molecule has 0 aliphatic carbocycles. The van der Waals surface area contributed by atoms with Gasteiger partial charge in [0.05, 0.1) is 18.4 Å². The van der Waals surface area contributed by atoms with Gasteiger partial charge in [-0.2, -0.15) is 0 Å². The minimum atomic E-state index is -0.364. The van der Waals surface area contributed by atoms with Gasteiger partial charge in [-0.25, -0.2) is 14.8 Å². The molecule has 180 valence electrons. The predicted molar refractivity (Wildman–Crippen MR) is 132 cm³/mol. The number of carbonyl (C=O) groups is 3. The zero-order valence-corrected chi connectivity index (χ0v) is 20.2. The van der Waals surface area contributed by atoms with Crippen LogP contribution in [0, 0.1) is 0 Å². The molecule has 11 heteroatoms. The highest BCUT2D eigenvalue weighted by atomic mass is 32.2. The Hall–Kier alpha value is -3.18. The van der Waals surface area contributed by atoms with Crippen LogP contribution in [0.15, 0.2) is 23.2 Å². The summed E-state index contributed by atoms with van der Waals surface area (Å²) in [5.74, 6) is 1.75. The molecule has 0 radical (unpaired) electrons. The lowest BCUT2D eigenvalue weighted by molar-refractivity contribution is -0.136. The third-order valence-electron chi connectivity index (χ3n) is 5.93. The van der Waals surface area contributed by atoms with Crippen molar-refractivity contribution in [2.24, 2.45) is 0 Å². The molecule has 0 atom stereocenters. The van der Waals surface area contributed by atoms with E-state index in [1.165, 1.54) is 6.20 Å². The second-order valence-corrected chi connectivity index (χ2v) is 9.72. The molecule has 0 bridgehead atoms. The summed E-state index contributed by atoms with van der Waals surface area (Å²) in [5.41, 5.74) is 8.37. The Morgan fingerprint density at radius 1 is 1.29 bits per heavy atom. The van der Waals surface area contributed by atoms with E-state index in [1.54, 1.807) is 27.6 Å². The van der Waals surface area contributed by atoms with Crippen LogP contribution in [0.5, 0.6) is 0 Å². The number of piperazine rings is 1. The molecule has 2 aromatic rings. The number of nitrogens with zero attached hydrogens (tertiary/aromatic N) is 5. The van der Waals surface area contributed by atoms with Crippen LogP contribution in [0.25, 0.3) is 0 Å². The normalized spacial score (nSPS) is 16.4. The van der Waals surface area contributed by atoms with Crippen LogP contribution in [0.1, 0.15) is 35.0 Å². The van der Waals surface area contributed by atoms with E-state index < -0.39 is 0 Å². The van der Waals surface area contributed by atoms with Gasteiger partial charge in [-0.15, -0.1) is 11.8 Å². The van der Waals surface area contributed by atoms with E-state index in [0.717, 1.165) is 35.6 Å². The molecule has 0 aromatic carbocycles. The smallest absolute Gasteiger partial charge is 0.328 e. The van der Waals surface area contributed by atoms with Crippen LogP contribution >= 0.6 is 11.8 Å². The molecule has 3 amide bonds. The monoisotopic (exact) mass is 483 g/mol. The van der Waals surface area contributed by atoms with Crippen molar-refractivity contribution in [3.8, 4) is 0 Å². The lowest BCUT2D eigenvalue weighted by Crippen LogP contribution is -2.48. The van der Waals surface area contributed by atoms with Crippen molar-refractivity contribution in [1.29, 1.82) is 0 Å². The highest BCUT2D eigenvalue weighted by Gasteiger charge is 2.28. The number of aldehydes is 1. The number of fused-ring (bicyclic) bond motifs is 1. The zero-order chi connectivity index (χ0) is 24.2. The van der Waals surface area contributed by atoms with Crippen molar-refractivity contribution in [3.05, 3.63) is 35.2 Å². The quantitative estimate of drug-likeness (QED) is 0.473. The number of hydrogen-bond donors (Lipinski definition) is 2. The van der Waals surface area contributed by atoms with E-state index in [4.69, 9.17) is 5.73 Å². The van der Waals surface area contributed by atoms with E-state index in [-0.39, 0.29) is 17.6 Å². The molecule has 1 fully saturated rings. The summed E-state index contributed by atoms with van der Waals surface area (Å²) < 4.78 is 0. The molecule has 4 heterocycles. The molecular weight excluding hydrogens is 454 g/mol. The Morgan fingerprint density at radius 2 is 2.12 bits per heavy atom. The number of anilines is 3. The van der Waals surface area contributed by atoms with Crippen molar-refractivity contribution in [2.45, 2.75) is 31.2 Å².